The van der Waals surface area contributed by atoms with Crippen molar-refractivity contribution in [3.05, 3.63) is 0 Å². The summed E-state index contributed by atoms with van der Waals surface area (Å²) in [6.07, 6.45) is 9.47. The molecular weight excluding hydrogens is 344 g/mol. The molecule has 0 spiro atoms. The first-order valence-corrected chi connectivity index (χ1v) is 10.3. The van der Waals surface area contributed by atoms with Crippen molar-refractivity contribution in [2.45, 2.75) is 69.9 Å². The largest absolute Gasteiger partial charge is 0.481 e. The van der Waals surface area contributed by atoms with Crippen molar-refractivity contribution in [1.29, 1.82) is 0 Å². The summed E-state index contributed by atoms with van der Waals surface area (Å²) in [6.45, 7) is 3.11. The first-order chi connectivity index (χ1) is 11.1. The van der Waals surface area contributed by atoms with E-state index in [2.05, 4.69) is 11.8 Å². The molecule has 1 N–H and O–H groups in total. The van der Waals surface area contributed by atoms with Gasteiger partial charge in [-0.15, -0.1) is 12.4 Å². The van der Waals surface area contributed by atoms with E-state index in [1.165, 1.54) is 38.5 Å². The van der Waals surface area contributed by atoms with Crippen LogP contribution in [0.3, 0.4) is 0 Å². The Morgan fingerprint density at radius 2 is 1.83 bits per heavy atom. The smallest absolute Gasteiger partial charge is 0.305 e. The van der Waals surface area contributed by atoms with Gasteiger partial charge in [-0.2, -0.15) is 0 Å². The number of carboxylic acid groups (broad SMARTS) is 1. The predicted octanol–water partition coefficient (Wildman–Crippen LogP) is 4.04. The summed E-state index contributed by atoms with van der Waals surface area (Å²) in [5.41, 5.74) is 0.196. The topological polar surface area (TPSA) is 52.9 Å². The van der Waals surface area contributed by atoms with Gasteiger partial charge in [0.25, 0.3) is 0 Å². The molecule has 1 heterocycles. The SMILES string of the molecule is CCCN1C(=NC23CC4CC(CC(C4)C2)C3)SCC1CC(=O)O.Cl. The number of halogens is 1. The third kappa shape index (κ3) is 3.44. The summed E-state index contributed by atoms with van der Waals surface area (Å²) >= 11 is 1.80. The highest BCUT2D eigenvalue weighted by Gasteiger charge is 2.51. The van der Waals surface area contributed by atoms with E-state index in [-0.39, 0.29) is 30.4 Å². The zero-order chi connectivity index (χ0) is 16.0. The summed E-state index contributed by atoms with van der Waals surface area (Å²) in [6, 6.07) is 0.130. The molecule has 1 aliphatic heterocycles. The molecule has 6 heteroatoms. The molecule has 1 unspecified atom stereocenters. The fraction of sp³-hybridized carbons (Fsp3) is 0.889. The lowest BCUT2D eigenvalue weighted by Gasteiger charge is -2.55. The molecular formula is C18H29ClN2O2S. The monoisotopic (exact) mass is 372 g/mol. The van der Waals surface area contributed by atoms with Crippen molar-refractivity contribution in [2.24, 2.45) is 22.7 Å². The van der Waals surface area contributed by atoms with Gasteiger partial charge < -0.3 is 10.0 Å². The number of amidine groups is 1. The molecule has 5 fully saturated rings. The molecule has 0 aromatic rings. The Labute approximate surface area is 155 Å². The van der Waals surface area contributed by atoms with Crippen LogP contribution in [-0.4, -0.2) is 45.0 Å². The van der Waals surface area contributed by atoms with Crippen LogP contribution in [0.5, 0.6) is 0 Å². The molecule has 4 aliphatic carbocycles. The summed E-state index contributed by atoms with van der Waals surface area (Å²) in [7, 11) is 0. The number of carbonyl (C=O) groups is 1. The second kappa shape index (κ2) is 7.06. The molecule has 24 heavy (non-hydrogen) atoms. The fourth-order valence-electron chi connectivity index (χ4n) is 5.89. The maximum Gasteiger partial charge on any atom is 0.305 e. The van der Waals surface area contributed by atoms with Crippen LogP contribution in [0, 0.1) is 17.8 Å². The van der Waals surface area contributed by atoms with Gasteiger partial charge in [-0.3, -0.25) is 9.79 Å². The van der Waals surface area contributed by atoms with Gasteiger partial charge in [0, 0.05) is 12.3 Å². The first kappa shape index (κ1) is 18.4. The minimum Gasteiger partial charge on any atom is -0.481 e. The van der Waals surface area contributed by atoms with E-state index in [0.29, 0.717) is 0 Å². The Morgan fingerprint density at radius 1 is 1.25 bits per heavy atom. The second-order valence-corrected chi connectivity index (χ2v) is 9.28. The van der Waals surface area contributed by atoms with Crippen molar-refractivity contribution < 1.29 is 9.90 Å². The van der Waals surface area contributed by atoms with Crippen LogP contribution in [0.25, 0.3) is 0 Å². The summed E-state index contributed by atoms with van der Waals surface area (Å²) in [5, 5.41) is 10.3. The van der Waals surface area contributed by atoms with Crippen LogP contribution in [0.4, 0.5) is 0 Å². The second-order valence-electron chi connectivity index (χ2n) is 8.29. The van der Waals surface area contributed by atoms with Gasteiger partial charge in [-0.25, -0.2) is 0 Å². The summed E-state index contributed by atoms with van der Waals surface area (Å²) in [5.74, 6) is 2.93. The lowest BCUT2D eigenvalue weighted by atomic mass is 9.53. The van der Waals surface area contributed by atoms with Gasteiger partial charge in [0.15, 0.2) is 5.17 Å². The lowest BCUT2D eigenvalue weighted by Crippen LogP contribution is -2.50. The van der Waals surface area contributed by atoms with E-state index in [1.54, 1.807) is 11.8 Å². The first-order valence-electron chi connectivity index (χ1n) is 9.28. The van der Waals surface area contributed by atoms with E-state index in [1.807, 2.05) is 0 Å². The predicted molar refractivity (Wildman–Crippen MR) is 101 cm³/mol. The molecule has 0 aromatic heterocycles. The van der Waals surface area contributed by atoms with E-state index in [4.69, 9.17) is 4.99 Å². The molecule has 0 aromatic carbocycles. The highest BCUT2D eigenvalue weighted by atomic mass is 35.5. The standard InChI is InChI=1S/C18H28N2O2S.ClH/c1-2-3-20-15(7-16(21)22)11-23-17(20)19-18-8-12-4-13(9-18)6-14(5-12)10-18;/h12-15H,2-11H2,1H3,(H,21,22);1H. The maximum absolute atomic E-state index is 11.1. The lowest BCUT2D eigenvalue weighted by molar-refractivity contribution is -0.137. The van der Waals surface area contributed by atoms with Gasteiger partial charge >= 0.3 is 5.97 Å². The zero-order valence-electron chi connectivity index (χ0n) is 14.4. The summed E-state index contributed by atoms with van der Waals surface area (Å²) in [4.78, 5) is 18.8. The van der Waals surface area contributed by atoms with E-state index >= 15 is 0 Å². The van der Waals surface area contributed by atoms with Gasteiger partial charge in [-0.1, -0.05) is 18.7 Å². The zero-order valence-corrected chi connectivity index (χ0v) is 16.1. The Bertz CT molecular complexity index is 490. The molecule has 1 saturated heterocycles. The van der Waals surface area contributed by atoms with Crippen molar-refractivity contribution in [3.8, 4) is 0 Å². The van der Waals surface area contributed by atoms with E-state index < -0.39 is 5.97 Å². The molecule has 4 bridgehead atoms. The third-order valence-corrected chi connectivity index (χ3v) is 7.44. The summed E-state index contributed by atoms with van der Waals surface area (Å²) < 4.78 is 0. The Balaban J connectivity index is 0.00000169. The molecule has 4 nitrogen and oxygen atoms in total. The normalized spacial score (nSPS) is 41.7. The highest BCUT2D eigenvalue weighted by Crippen LogP contribution is 2.57. The van der Waals surface area contributed by atoms with Gasteiger partial charge in [0.05, 0.1) is 18.0 Å². The molecule has 1 atom stereocenters. The van der Waals surface area contributed by atoms with Gasteiger partial charge in [0.1, 0.15) is 0 Å². The van der Waals surface area contributed by atoms with Crippen molar-refractivity contribution >= 4 is 35.3 Å². The minimum atomic E-state index is -0.687. The fourth-order valence-corrected chi connectivity index (χ4v) is 7.19. The Hall–Kier alpha value is -0.420. The quantitative estimate of drug-likeness (QED) is 0.791. The van der Waals surface area contributed by atoms with Crippen LogP contribution in [-0.2, 0) is 4.79 Å². The highest BCUT2D eigenvalue weighted by molar-refractivity contribution is 8.14. The van der Waals surface area contributed by atoms with Crippen LogP contribution in [0.15, 0.2) is 4.99 Å². The average molecular weight is 373 g/mol. The number of carboxylic acids is 1. The van der Waals surface area contributed by atoms with Gasteiger partial charge in [-0.05, 0) is 62.7 Å². The maximum atomic E-state index is 11.1. The van der Waals surface area contributed by atoms with Gasteiger partial charge in [0.2, 0.25) is 0 Å². The molecule has 136 valence electrons. The Kier molecular flexibility index (Phi) is 5.41. The van der Waals surface area contributed by atoms with Crippen LogP contribution in [0.2, 0.25) is 0 Å². The number of aliphatic carboxylic acids is 1. The molecule has 0 radical (unpaired) electrons. The molecule has 0 amide bonds. The molecule has 5 rings (SSSR count). The van der Waals surface area contributed by atoms with Crippen LogP contribution in [0.1, 0.15) is 58.3 Å². The number of hydrogen-bond donors (Lipinski definition) is 1. The van der Waals surface area contributed by atoms with Crippen molar-refractivity contribution in [2.75, 3.05) is 12.3 Å². The van der Waals surface area contributed by atoms with Crippen molar-refractivity contribution in [3.63, 3.8) is 0 Å². The third-order valence-electron chi connectivity index (χ3n) is 6.30. The molecule has 5 aliphatic rings. The number of aliphatic imine (C=N–C) groups is 1. The van der Waals surface area contributed by atoms with E-state index in [9.17, 15) is 9.90 Å². The Morgan fingerprint density at radius 3 is 2.33 bits per heavy atom. The number of hydrogen-bond acceptors (Lipinski definition) is 3. The minimum absolute atomic E-state index is 0. The molecule has 4 saturated carbocycles. The van der Waals surface area contributed by atoms with Crippen LogP contribution >= 0.6 is 24.2 Å². The van der Waals surface area contributed by atoms with Crippen LogP contribution < -0.4 is 0 Å². The number of rotatable bonds is 5. The number of thioether (sulfide) groups is 1. The van der Waals surface area contributed by atoms with Crippen molar-refractivity contribution in [1.82, 2.24) is 4.90 Å². The van der Waals surface area contributed by atoms with E-state index in [0.717, 1.165) is 41.6 Å². The number of nitrogens with zero attached hydrogens (tertiary/aromatic N) is 2. The average Bonchev–Trinajstić information content (AvgIpc) is 2.79.